The predicted molar refractivity (Wildman–Crippen MR) is 96.1 cm³/mol. The van der Waals surface area contributed by atoms with Crippen LogP contribution in [0.3, 0.4) is 0 Å². The van der Waals surface area contributed by atoms with Gasteiger partial charge in [0, 0.05) is 18.6 Å². The van der Waals surface area contributed by atoms with Crippen LogP contribution < -0.4 is 5.73 Å². The van der Waals surface area contributed by atoms with Crippen molar-refractivity contribution in [1.29, 1.82) is 5.26 Å². The lowest BCUT2D eigenvalue weighted by atomic mass is 10.2. The molecule has 0 saturated heterocycles. The first-order chi connectivity index (χ1) is 12.7. The third-order valence-corrected chi connectivity index (χ3v) is 4.77. The van der Waals surface area contributed by atoms with Crippen LogP contribution in [0, 0.1) is 11.3 Å². The molecule has 2 aromatic heterocycles. The maximum absolute atomic E-state index is 11.1. The number of thioether (sulfide) groups is 1. The Kier molecular flexibility index (Phi) is 5.71. The van der Waals surface area contributed by atoms with E-state index in [9.17, 15) is 4.79 Å². The first-order valence-corrected chi connectivity index (χ1v) is 8.99. The van der Waals surface area contributed by atoms with E-state index >= 15 is 0 Å². The number of rotatable bonds is 8. The second-order valence-corrected chi connectivity index (χ2v) is 6.57. The summed E-state index contributed by atoms with van der Waals surface area (Å²) in [6.07, 6.45) is 2.27. The van der Waals surface area contributed by atoms with E-state index in [0.717, 1.165) is 16.5 Å². The zero-order chi connectivity index (χ0) is 18.4. The molecule has 0 aliphatic carbocycles. The van der Waals surface area contributed by atoms with Gasteiger partial charge in [-0.3, -0.25) is 9.36 Å². The average molecular weight is 367 g/mol. The number of nitrogens with two attached hydrogens (primary N) is 1. The number of amides is 1. The lowest BCUT2D eigenvalue weighted by molar-refractivity contribution is -0.118. The Bertz CT molecular complexity index is 910. The van der Waals surface area contributed by atoms with Gasteiger partial charge in [-0.15, -0.1) is 10.2 Å². The Hall–Kier alpha value is -3.05. The van der Waals surface area contributed by atoms with Crippen LogP contribution >= 0.6 is 11.8 Å². The lowest BCUT2D eigenvalue weighted by Crippen LogP contribution is -2.14. The van der Waals surface area contributed by atoms with Crippen LogP contribution in [0.2, 0.25) is 0 Å². The van der Waals surface area contributed by atoms with Gasteiger partial charge >= 0.3 is 0 Å². The molecule has 0 spiro atoms. The Morgan fingerprint density at radius 3 is 2.73 bits per heavy atom. The van der Waals surface area contributed by atoms with Gasteiger partial charge in [-0.2, -0.15) is 5.26 Å². The highest BCUT2D eigenvalue weighted by Crippen LogP contribution is 2.23. The molecule has 0 aliphatic rings. The molecule has 132 valence electrons. The molecule has 1 amide bonds. The molecule has 0 atom stereocenters. The van der Waals surface area contributed by atoms with Crippen molar-refractivity contribution < 1.29 is 9.21 Å². The molecular formula is C18H17N5O2S. The summed E-state index contributed by atoms with van der Waals surface area (Å²) >= 11 is 1.54. The number of aryl methyl sites for hydroxylation is 1. The fraction of sp³-hybridized carbons (Fsp3) is 0.222. The number of carbonyl (C=O) groups is 1. The molecule has 0 unspecified atom stereocenters. The van der Waals surface area contributed by atoms with Crippen LogP contribution in [0.25, 0.3) is 0 Å². The number of nitriles is 1. The third-order valence-electron chi connectivity index (χ3n) is 3.73. The van der Waals surface area contributed by atoms with Gasteiger partial charge in [0.05, 0.1) is 24.4 Å². The molecule has 3 rings (SSSR count). The molecule has 2 N–H and O–H groups in total. The fourth-order valence-corrected chi connectivity index (χ4v) is 3.30. The standard InChI is InChI=1S/C18H17N5O2S/c19-10-13-3-5-14(6-4-13)12-26-18-22-21-17(8-7-16(20)24)23(18)11-15-2-1-9-25-15/h1-6,9H,7-8,11-12H2,(H2,20,24). The fourth-order valence-electron chi connectivity index (χ4n) is 2.39. The summed E-state index contributed by atoms with van der Waals surface area (Å²) in [5.74, 6) is 1.80. The van der Waals surface area contributed by atoms with Crippen molar-refractivity contribution in [3.8, 4) is 6.07 Å². The van der Waals surface area contributed by atoms with Crippen LogP contribution in [-0.2, 0) is 23.5 Å². The number of hydrogen-bond acceptors (Lipinski definition) is 6. The highest BCUT2D eigenvalue weighted by atomic mass is 32.2. The molecule has 7 nitrogen and oxygen atoms in total. The molecular weight excluding hydrogens is 350 g/mol. The van der Waals surface area contributed by atoms with E-state index in [0.29, 0.717) is 30.1 Å². The minimum atomic E-state index is -0.371. The molecule has 0 radical (unpaired) electrons. The zero-order valence-electron chi connectivity index (χ0n) is 14.0. The van der Waals surface area contributed by atoms with Gasteiger partial charge in [-0.1, -0.05) is 23.9 Å². The summed E-state index contributed by atoms with van der Waals surface area (Å²) in [4.78, 5) is 11.1. The maximum Gasteiger partial charge on any atom is 0.217 e. The number of aromatic nitrogens is 3. The van der Waals surface area contributed by atoms with E-state index in [-0.39, 0.29) is 12.3 Å². The Morgan fingerprint density at radius 1 is 1.27 bits per heavy atom. The number of carbonyl (C=O) groups excluding carboxylic acids is 1. The molecule has 8 heteroatoms. The van der Waals surface area contributed by atoms with Crippen LogP contribution in [0.4, 0.5) is 0 Å². The van der Waals surface area contributed by atoms with Crippen molar-refractivity contribution in [1.82, 2.24) is 14.8 Å². The van der Waals surface area contributed by atoms with E-state index in [1.807, 2.05) is 28.8 Å². The highest BCUT2D eigenvalue weighted by Gasteiger charge is 2.15. The van der Waals surface area contributed by atoms with Gasteiger partial charge in [-0.25, -0.2) is 0 Å². The second-order valence-electron chi connectivity index (χ2n) is 5.63. The van der Waals surface area contributed by atoms with Crippen LogP contribution in [0.15, 0.2) is 52.2 Å². The Balaban J connectivity index is 1.76. The quantitative estimate of drug-likeness (QED) is 0.612. The van der Waals surface area contributed by atoms with E-state index < -0.39 is 0 Å². The molecule has 2 heterocycles. The van der Waals surface area contributed by atoms with E-state index in [2.05, 4.69) is 16.3 Å². The van der Waals surface area contributed by atoms with E-state index in [1.54, 1.807) is 18.4 Å². The second kappa shape index (κ2) is 8.36. The zero-order valence-corrected chi connectivity index (χ0v) is 14.8. The smallest absolute Gasteiger partial charge is 0.217 e. The van der Waals surface area contributed by atoms with Gasteiger partial charge in [0.15, 0.2) is 5.16 Å². The summed E-state index contributed by atoms with van der Waals surface area (Å²) in [5, 5.41) is 18.1. The van der Waals surface area contributed by atoms with Gasteiger partial charge in [0.25, 0.3) is 0 Å². The Labute approximate surface area is 154 Å². The lowest BCUT2D eigenvalue weighted by Gasteiger charge is -2.08. The van der Waals surface area contributed by atoms with Crippen LogP contribution in [-0.4, -0.2) is 20.7 Å². The monoisotopic (exact) mass is 367 g/mol. The van der Waals surface area contributed by atoms with E-state index in [1.165, 1.54) is 11.8 Å². The SMILES string of the molecule is N#Cc1ccc(CSc2nnc(CCC(N)=O)n2Cc2ccco2)cc1. The summed E-state index contributed by atoms with van der Waals surface area (Å²) in [6, 6.07) is 13.2. The van der Waals surface area contributed by atoms with Gasteiger partial charge < -0.3 is 10.2 Å². The molecule has 1 aromatic carbocycles. The summed E-state index contributed by atoms with van der Waals surface area (Å²) in [7, 11) is 0. The van der Waals surface area contributed by atoms with Crippen molar-refractivity contribution in [3.05, 3.63) is 65.4 Å². The normalized spacial score (nSPS) is 10.6. The number of primary amides is 1. The van der Waals surface area contributed by atoms with E-state index in [4.69, 9.17) is 15.4 Å². The summed E-state index contributed by atoms with van der Waals surface area (Å²) < 4.78 is 7.36. The number of hydrogen-bond donors (Lipinski definition) is 1. The van der Waals surface area contributed by atoms with Gasteiger partial charge in [-0.05, 0) is 29.8 Å². The minimum absolute atomic E-state index is 0.219. The third kappa shape index (κ3) is 4.52. The largest absolute Gasteiger partial charge is 0.467 e. The highest BCUT2D eigenvalue weighted by molar-refractivity contribution is 7.98. The van der Waals surface area contributed by atoms with Gasteiger partial charge in [0.2, 0.25) is 5.91 Å². The first kappa shape index (κ1) is 17.8. The van der Waals surface area contributed by atoms with Crippen LogP contribution in [0.5, 0.6) is 0 Å². The topological polar surface area (TPSA) is 111 Å². The average Bonchev–Trinajstić information content (AvgIpc) is 3.29. The van der Waals surface area contributed by atoms with Crippen molar-refractivity contribution in [2.75, 3.05) is 0 Å². The molecule has 3 aromatic rings. The number of furan rings is 1. The number of benzene rings is 1. The molecule has 0 aliphatic heterocycles. The molecule has 0 bridgehead atoms. The Morgan fingerprint density at radius 2 is 2.08 bits per heavy atom. The number of nitrogens with zero attached hydrogens (tertiary/aromatic N) is 4. The molecule has 0 fully saturated rings. The van der Waals surface area contributed by atoms with Crippen LogP contribution in [0.1, 0.15) is 29.1 Å². The first-order valence-electron chi connectivity index (χ1n) is 8.00. The van der Waals surface area contributed by atoms with Crippen molar-refractivity contribution in [3.63, 3.8) is 0 Å². The maximum atomic E-state index is 11.1. The van der Waals surface area contributed by atoms with Gasteiger partial charge in [0.1, 0.15) is 11.6 Å². The van der Waals surface area contributed by atoms with Crippen molar-refractivity contribution in [2.45, 2.75) is 30.3 Å². The summed E-state index contributed by atoms with van der Waals surface area (Å²) in [6.45, 7) is 0.490. The molecule has 0 saturated carbocycles. The predicted octanol–water partition coefficient (Wildman–Crippen LogP) is 2.50. The van der Waals surface area contributed by atoms with Crippen molar-refractivity contribution >= 4 is 17.7 Å². The van der Waals surface area contributed by atoms with Crippen molar-refractivity contribution in [2.24, 2.45) is 5.73 Å². The summed E-state index contributed by atoms with van der Waals surface area (Å²) in [5.41, 5.74) is 6.96. The minimum Gasteiger partial charge on any atom is -0.467 e. The molecule has 26 heavy (non-hydrogen) atoms.